The summed E-state index contributed by atoms with van der Waals surface area (Å²) in [6.07, 6.45) is 0. The quantitative estimate of drug-likeness (QED) is 0.450. The van der Waals surface area contributed by atoms with E-state index in [-0.39, 0.29) is 10.6 Å². The van der Waals surface area contributed by atoms with E-state index in [1.165, 1.54) is 0 Å². The highest BCUT2D eigenvalue weighted by atomic mass is 127. The number of hydrogen-bond donors (Lipinski definition) is 0. The van der Waals surface area contributed by atoms with Crippen LogP contribution in [0.2, 0.25) is 0 Å². The van der Waals surface area contributed by atoms with Crippen LogP contribution in [0.15, 0.2) is 12.1 Å². The molecule has 3 nitrogen and oxygen atoms in total. The van der Waals surface area contributed by atoms with Gasteiger partial charge in [-0.15, -0.1) is 0 Å². The van der Waals surface area contributed by atoms with Crippen molar-refractivity contribution in [2.24, 2.45) is 0 Å². The van der Waals surface area contributed by atoms with Gasteiger partial charge in [-0.05, 0) is 54.1 Å². The van der Waals surface area contributed by atoms with Crippen molar-refractivity contribution >= 4 is 28.3 Å². The summed E-state index contributed by atoms with van der Waals surface area (Å²) in [6, 6.07) is 3.63. The van der Waals surface area contributed by atoms with Crippen LogP contribution in [0, 0.1) is 27.5 Å². The first-order valence-corrected chi connectivity index (χ1v) is 4.51. The van der Waals surface area contributed by atoms with Gasteiger partial charge >= 0.3 is 0 Å². The topological polar surface area (TPSA) is 43.1 Å². The zero-order chi connectivity index (χ0) is 9.30. The molecular formula is C8H8INO2. The normalized spacial score (nSPS) is 9.92. The largest absolute Gasteiger partial charge is 0.285 e. The summed E-state index contributed by atoms with van der Waals surface area (Å²) in [5, 5.41) is 10.6. The summed E-state index contributed by atoms with van der Waals surface area (Å²) in [4.78, 5) is 10.2. The van der Waals surface area contributed by atoms with Crippen molar-refractivity contribution in [3.05, 3.63) is 36.9 Å². The molecule has 4 heteroatoms. The van der Waals surface area contributed by atoms with E-state index >= 15 is 0 Å². The van der Waals surface area contributed by atoms with Crippen LogP contribution in [0.4, 0.5) is 5.69 Å². The molecule has 0 saturated carbocycles. The van der Waals surface area contributed by atoms with Crippen LogP contribution in [-0.4, -0.2) is 4.92 Å². The summed E-state index contributed by atoms with van der Waals surface area (Å²) < 4.78 is 0.704. The molecule has 1 rings (SSSR count). The van der Waals surface area contributed by atoms with Crippen molar-refractivity contribution in [3.63, 3.8) is 0 Å². The highest BCUT2D eigenvalue weighted by molar-refractivity contribution is 14.1. The summed E-state index contributed by atoms with van der Waals surface area (Å²) in [5.74, 6) is 0. The number of nitrogens with zero attached hydrogens (tertiary/aromatic N) is 1. The van der Waals surface area contributed by atoms with Crippen LogP contribution >= 0.6 is 22.6 Å². The van der Waals surface area contributed by atoms with Gasteiger partial charge in [0, 0.05) is 5.56 Å². The summed E-state index contributed by atoms with van der Waals surface area (Å²) >= 11 is 1.99. The lowest BCUT2D eigenvalue weighted by molar-refractivity contribution is -0.386. The average Bonchev–Trinajstić information content (AvgIpc) is 1.82. The monoisotopic (exact) mass is 277 g/mol. The van der Waals surface area contributed by atoms with Gasteiger partial charge in [0.1, 0.15) is 0 Å². The van der Waals surface area contributed by atoms with Crippen LogP contribution in [0.3, 0.4) is 0 Å². The Hall–Kier alpha value is -0.650. The predicted molar refractivity (Wildman–Crippen MR) is 55.3 cm³/mol. The minimum absolute atomic E-state index is 0.223. The Bertz CT molecular complexity index is 313. The van der Waals surface area contributed by atoms with E-state index in [1.54, 1.807) is 6.92 Å². The van der Waals surface area contributed by atoms with Crippen LogP contribution in [-0.2, 0) is 0 Å². The standard InChI is InChI=1S/C8H8INO2/c1-5-3-6(2)8(10(11)12)7(9)4-5/h3-4H,1-2H3. The third kappa shape index (κ3) is 1.74. The molecule has 0 spiro atoms. The Morgan fingerprint density at radius 1 is 1.42 bits per heavy atom. The molecule has 1 aromatic rings. The molecule has 0 radical (unpaired) electrons. The van der Waals surface area contributed by atoms with Gasteiger partial charge in [0.05, 0.1) is 8.49 Å². The fourth-order valence-corrected chi connectivity index (χ4v) is 2.25. The molecule has 0 fully saturated rings. The number of nitro benzene ring substituents is 1. The molecule has 0 aliphatic heterocycles. The molecule has 0 atom stereocenters. The second-order valence-corrected chi connectivity index (χ2v) is 3.83. The van der Waals surface area contributed by atoms with Crippen molar-refractivity contribution in [1.29, 1.82) is 0 Å². The summed E-state index contributed by atoms with van der Waals surface area (Å²) in [7, 11) is 0. The number of halogens is 1. The van der Waals surface area contributed by atoms with E-state index in [0.29, 0.717) is 3.57 Å². The van der Waals surface area contributed by atoms with E-state index in [2.05, 4.69) is 0 Å². The van der Waals surface area contributed by atoms with Gasteiger partial charge in [-0.2, -0.15) is 0 Å². The second kappa shape index (κ2) is 3.38. The predicted octanol–water partition coefficient (Wildman–Crippen LogP) is 2.82. The molecular weight excluding hydrogens is 269 g/mol. The number of rotatable bonds is 1. The Labute approximate surface area is 84.1 Å². The molecule has 0 unspecified atom stereocenters. The SMILES string of the molecule is Cc1cc(C)c([N+](=O)[O-])c(I)c1. The lowest BCUT2D eigenvalue weighted by Gasteiger charge is -2.00. The fourth-order valence-electron chi connectivity index (χ4n) is 1.14. The molecule has 0 saturated heterocycles. The zero-order valence-corrected chi connectivity index (χ0v) is 8.95. The van der Waals surface area contributed by atoms with Gasteiger partial charge in [0.15, 0.2) is 0 Å². The first kappa shape index (κ1) is 9.44. The van der Waals surface area contributed by atoms with Crippen LogP contribution in [0.1, 0.15) is 11.1 Å². The molecule has 0 heterocycles. The highest BCUT2D eigenvalue weighted by Crippen LogP contribution is 2.25. The molecule has 0 N–H and O–H groups in total. The maximum atomic E-state index is 10.6. The fraction of sp³-hybridized carbons (Fsp3) is 0.250. The van der Waals surface area contributed by atoms with Gasteiger partial charge in [-0.3, -0.25) is 10.1 Å². The molecule has 0 aliphatic rings. The number of benzene rings is 1. The van der Waals surface area contributed by atoms with E-state index in [1.807, 2.05) is 41.6 Å². The van der Waals surface area contributed by atoms with Gasteiger partial charge in [-0.25, -0.2) is 0 Å². The Balaban J connectivity index is 3.38. The van der Waals surface area contributed by atoms with Gasteiger partial charge in [0.2, 0.25) is 0 Å². The Kier molecular flexibility index (Phi) is 2.66. The molecule has 0 amide bonds. The Morgan fingerprint density at radius 3 is 2.42 bits per heavy atom. The molecule has 12 heavy (non-hydrogen) atoms. The van der Waals surface area contributed by atoms with Crippen molar-refractivity contribution in [1.82, 2.24) is 0 Å². The molecule has 0 aliphatic carbocycles. The first-order chi connectivity index (χ1) is 5.52. The number of hydrogen-bond acceptors (Lipinski definition) is 2. The van der Waals surface area contributed by atoms with E-state index in [4.69, 9.17) is 0 Å². The van der Waals surface area contributed by atoms with Crippen molar-refractivity contribution in [2.75, 3.05) is 0 Å². The van der Waals surface area contributed by atoms with Gasteiger partial charge in [-0.1, -0.05) is 0 Å². The van der Waals surface area contributed by atoms with Gasteiger partial charge in [0.25, 0.3) is 5.69 Å². The van der Waals surface area contributed by atoms with Gasteiger partial charge < -0.3 is 0 Å². The summed E-state index contributed by atoms with van der Waals surface area (Å²) in [5.41, 5.74) is 2.01. The average molecular weight is 277 g/mol. The van der Waals surface area contributed by atoms with Crippen LogP contribution in [0.25, 0.3) is 0 Å². The third-order valence-corrected chi connectivity index (χ3v) is 2.40. The third-order valence-electron chi connectivity index (χ3n) is 1.58. The van der Waals surface area contributed by atoms with Crippen molar-refractivity contribution in [2.45, 2.75) is 13.8 Å². The van der Waals surface area contributed by atoms with E-state index in [0.717, 1.165) is 11.1 Å². The first-order valence-electron chi connectivity index (χ1n) is 3.43. The van der Waals surface area contributed by atoms with E-state index in [9.17, 15) is 10.1 Å². The minimum Gasteiger partial charge on any atom is -0.258 e. The van der Waals surface area contributed by atoms with Crippen LogP contribution < -0.4 is 0 Å². The van der Waals surface area contributed by atoms with E-state index < -0.39 is 0 Å². The minimum atomic E-state index is -0.337. The smallest absolute Gasteiger partial charge is 0.258 e. The lowest BCUT2D eigenvalue weighted by atomic mass is 10.1. The zero-order valence-electron chi connectivity index (χ0n) is 6.80. The number of nitro groups is 1. The number of aryl methyl sites for hydroxylation is 2. The molecule has 1 aromatic carbocycles. The molecule has 0 aromatic heterocycles. The molecule has 64 valence electrons. The maximum Gasteiger partial charge on any atom is 0.285 e. The maximum absolute atomic E-state index is 10.6. The van der Waals surface area contributed by atoms with Crippen molar-refractivity contribution < 1.29 is 4.92 Å². The summed E-state index contributed by atoms with van der Waals surface area (Å²) in [6.45, 7) is 3.69. The second-order valence-electron chi connectivity index (χ2n) is 2.67. The van der Waals surface area contributed by atoms with Crippen molar-refractivity contribution in [3.8, 4) is 0 Å². The highest BCUT2D eigenvalue weighted by Gasteiger charge is 2.14. The Morgan fingerprint density at radius 2 is 2.00 bits per heavy atom. The lowest BCUT2D eigenvalue weighted by Crippen LogP contribution is -1.95. The van der Waals surface area contributed by atoms with Crippen LogP contribution in [0.5, 0.6) is 0 Å². The molecule has 0 bridgehead atoms.